The third-order valence-corrected chi connectivity index (χ3v) is 2.46. The number of hydrogen-bond acceptors (Lipinski definition) is 2. The fraction of sp³-hybridized carbons (Fsp3) is 0.364. The minimum atomic E-state index is -0.525. The Morgan fingerprint density at radius 1 is 1.60 bits per heavy atom. The fourth-order valence-electron chi connectivity index (χ4n) is 1.23. The van der Waals surface area contributed by atoms with Gasteiger partial charge in [0.2, 0.25) is 0 Å². The van der Waals surface area contributed by atoms with Crippen LogP contribution in [0.4, 0.5) is 4.39 Å². The predicted octanol–water partition coefficient (Wildman–Crippen LogP) is 2.33. The van der Waals surface area contributed by atoms with Gasteiger partial charge in [-0.1, -0.05) is 18.5 Å². The van der Waals surface area contributed by atoms with E-state index in [0.29, 0.717) is 17.0 Å². The number of benzene rings is 1. The van der Waals surface area contributed by atoms with Crippen LogP contribution in [0.1, 0.15) is 18.9 Å². The highest BCUT2D eigenvalue weighted by Gasteiger charge is 2.14. The maximum atomic E-state index is 13.2. The third-order valence-electron chi connectivity index (χ3n) is 2.23. The number of rotatable bonds is 4. The fourth-order valence-corrected chi connectivity index (χ4v) is 1.42. The molecule has 1 aromatic rings. The summed E-state index contributed by atoms with van der Waals surface area (Å²) < 4.78 is 13.2. The number of Topliss-reactive ketones (excluding diaryl/α,β-unsaturated/α-hetero) is 1. The normalized spacial score (nSPS) is 12.5. The number of ketones is 1. The minimum absolute atomic E-state index is 0.00139. The highest BCUT2D eigenvalue weighted by atomic mass is 35.5. The largest absolute Gasteiger partial charge is 0.322 e. The van der Waals surface area contributed by atoms with E-state index in [2.05, 4.69) is 0 Å². The van der Waals surface area contributed by atoms with Gasteiger partial charge in [0.15, 0.2) is 5.78 Å². The van der Waals surface area contributed by atoms with Crippen LogP contribution in [0.2, 0.25) is 5.02 Å². The van der Waals surface area contributed by atoms with Crippen LogP contribution in [0.25, 0.3) is 0 Å². The van der Waals surface area contributed by atoms with Gasteiger partial charge in [-0.2, -0.15) is 0 Å². The van der Waals surface area contributed by atoms with Crippen molar-refractivity contribution < 1.29 is 9.18 Å². The molecule has 0 aliphatic carbocycles. The third kappa shape index (κ3) is 3.29. The lowest BCUT2D eigenvalue weighted by Crippen LogP contribution is -2.31. The number of halogens is 2. The highest BCUT2D eigenvalue weighted by molar-refractivity contribution is 6.30. The van der Waals surface area contributed by atoms with Crippen molar-refractivity contribution in [2.24, 2.45) is 5.73 Å². The molecule has 82 valence electrons. The summed E-state index contributed by atoms with van der Waals surface area (Å²) >= 11 is 5.70. The first-order chi connectivity index (χ1) is 7.04. The molecule has 1 unspecified atom stereocenters. The molecule has 0 saturated heterocycles. The molecular formula is C11H13ClFNO. The Morgan fingerprint density at radius 2 is 2.27 bits per heavy atom. The topological polar surface area (TPSA) is 43.1 Å². The molecule has 0 spiro atoms. The van der Waals surface area contributed by atoms with E-state index >= 15 is 0 Å². The molecule has 0 bridgehead atoms. The van der Waals surface area contributed by atoms with Crippen molar-refractivity contribution in [3.63, 3.8) is 0 Å². The number of carbonyl (C=O) groups excluding carboxylic acids is 1. The van der Waals surface area contributed by atoms with E-state index in [9.17, 15) is 9.18 Å². The van der Waals surface area contributed by atoms with Crippen LogP contribution in [0.3, 0.4) is 0 Å². The van der Waals surface area contributed by atoms with Crippen LogP contribution in [0.15, 0.2) is 18.2 Å². The van der Waals surface area contributed by atoms with Gasteiger partial charge in [0.05, 0.1) is 6.04 Å². The Morgan fingerprint density at radius 3 is 2.87 bits per heavy atom. The zero-order valence-corrected chi connectivity index (χ0v) is 9.22. The van der Waals surface area contributed by atoms with Gasteiger partial charge in [-0.05, 0) is 30.2 Å². The maximum Gasteiger partial charge on any atom is 0.153 e. The van der Waals surface area contributed by atoms with Crippen molar-refractivity contribution in [1.29, 1.82) is 0 Å². The second-order valence-corrected chi connectivity index (χ2v) is 3.83. The Labute approximate surface area is 93.2 Å². The Bertz CT molecular complexity index is 368. The number of carbonyl (C=O) groups is 1. The zero-order chi connectivity index (χ0) is 11.4. The molecule has 0 aromatic heterocycles. The van der Waals surface area contributed by atoms with Crippen molar-refractivity contribution >= 4 is 17.4 Å². The second kappa shape index (κ2) is 5.24. The summed E-state index contributed by atoms with van der Waals surface area (Å²) in [6.45, 7) is 1.82. The van der Waals surface area contributed by atoms with Crippen LogP contribution in [-0.2, 0) is 11.2 Å². The summed E-state index contributed by atoms with van der Waals surface area (Å²) in [7, 11) is 0. The summed E-state index contributed by atoms with van der Waals surface area (Å²) in [4.78, 5) is 11.5. The van der Waals surface area contributed by atoms with Crippen LogP contribution in [0.5, 0.6) is 0 Å². The molecule has 0 aliphatic heterocycles. The molecule has 0 radical (unpaired) electrons. The van der Waals surface area contributed by atoms with Gasteiger partial charge >= 0.3 is 0 Å². The van der Waals surface area contributed by atoms with Crippen LogP contribution >= 0.6 is 11.6 Å². The Hall–Kier alpha value is -0.930. The van der Waals surface area contributed by atoms with Gasteiger partial charge in [-0.15, -0.1) is 0 Å². The quantitative estimate of drug-likeness (QED) is 0.861. The molecule has 4 heteroatoms. The van der Waals surface area contributed by atoms with E-state index in [0.717, 1.165) is 0 Å². The van der Waals surface area contributed by atoms with E-state index in [1.54, 1.807) is 0 Å². The highest BCUT2D eigenvalue weighted by Crippen LogP contribution is 2.16. The van der Waals surface area contributed by atoms with Gasteiger partial charge in [0.1, 0.15) is 5.82 Å². The molecule has 2 N–H and O–H groups in total. The average Bonchev–Trinajstić information content (AvgIpc) is 2.22. The van der Waals surface area contributed by atoms with Crippen molar-refractivity contribution in [2.75, 3.05) is 0 Å². The monoisotopic (exact) mass is 229 g/mol. The van der Waals surface area contributed by atoms with Gasteiger partial charge in [0.25, 0.3) is 0 Å². The molecule has 1 rings (SSSR count). The van der Waals surface area contributed by atoms with Crippen molar-refractivity contribution in [2.45, 2.75) is 25.8 Å². The van der Waals surface area contributed by atoms with Crippen molar-refractivity contribution in [3.8, 4) is 0 Å². The van der Waals surface area contributed by atoms with E-state index in [1.165, 1.54) is 18.2 Å². The summed E-state index contributed by atoms with van der Waals surface area (Å²) in [6.07, 6.45) is 0.558. The molecule has 0 amide bonds. The van der Waals surface area contributed by atoms with Gasteiger partial charge in [-0.25, -0.2) is 4.39 Å². The lowest BCUT2D eigenvalue weighted by molar-refractivity contribution is -0.119. The van der Waals surface area contributed by atoms with E-state index in [4.69, 9.17) is 17.3 Å². The maximum absolute atomic E-state index is 13.2. The van der Waals surface area contributed by atoms with Gasteiger partial charge in [0, 0.05) is 11.4 Å². The lowest BCUT2D eigenvalue weighted by atomic mass is 10.0. The predicted molar refractivity (Wildman–Crippen MR) is 58.4 cm³/mol. The first-order valence-electron chi connectivity index (χ1n) is 4.76. The lowest BCUT2D eigenvalue weighted by Gasteiger charge is -2.08. The molecule has 2 nitrogen and oxygen atoms in total. The number of hydrogen-bond donors (Lipinski definition) is 1. The van der Waals surface area contributed by atoms with Crippen LogP contribution in [0, 0.1) is 5.82 Å². The molecule has 0 aliphatic rings. The standard InChI is InChI=1S/C11H13ClFNO/c1-2-10(14)11(15)6-7-5-8(12)3-4-9(7)13/h3-5,10H,2,6,14H2,1H3. The zero-order valence-electron chi connectivity index (χ0n) is 8.47. The average molecular weight is 230 g/mol. The Kier molecular flexibility index (Phi) is 4.24. The second-order valence-electron chi connectivity index (χ2n) is 3.39. The van der Waals surface area contributed by atoms with Crippen LogP contribution in [-0.4, -0.2) is 11.8 Å². The molecule has 15 heavy (non-hydrogen) atoms. The number of nitrogens with two attached hydrogens (primary N) is 1. The van der Waals surface area contributed by atoms with Crippen molar-refractivity contribution in [3.05, 3.63) is 34.6 Å². The molecule has 0 fully saturated rings. The smallest absolute Gasteiger partial charge is 0.153 e. The summed E-state index contributed by atoms with van der Waals surface area (Å²) in [5.41, 5.74) is 5.85. The molecule has 0 saturated carbocycles. The van der Waals surface area contributed by atoms with Crippen LogP contribution < -0.4 is 5.73 Å². The molecule has 1 aromatic carbocycles. The van der Waals surface area contributed by atoms with Gasteiger partial charge < -0.3 is 5.73 Å². The molecular weight excluding hydrogens is 217 g/mol. The van der Waals surface area contributed by atoms with E-state index in [-0.39, 0.29) is 12.2 Å². The SMILES string of the molecule is CCC(N)C(=O)Cc1cc(Cl)ccc1F. The molecule has 1 atom stereocenters. The van der Waals surface area contributed by atoms with Gasteiger partial charge in [-0.3, -0.25) is 4.79 Å². The Balaban J connectivity index is 2.80. The minimum Gasteiger partial charge on any atom is -0.322 e. The summed E-state index contributed by atoms with van der Waals surface area (Å²) in [6, 6.07) is 3.63. The van der Waals surface area contributed by atoms with Crippen molar-refractivity contribution in [1.82, 2.24) is 0 Å². The first kappa shape index (κ1) is 12.1. The van der Waals surface area contributed by atoms with E-state index in [1.807, 2.05) is 6.92 Å². The summed E-state index contributed by atoms with van der Waals surface area (Å²) in [5, 5.41) is 0.421. The first-order valence-corrected chi connectivity index (χ1v) is 5.14. The molecule has 0 heterocycles. The van der Waals surface area contributed by atoms with E-state index < -0.39 is 11.9 Å². The summed E-state index contributed by atoms with van der Waals surface area (Å²) in [5.74, 6) is -0.588.